The second-order valence-corrected chi connectivity index (χ2v) is 15.2. The summed E-state index contributed by atoms with van der Waals surface area (Å²) in [7, 11) is -4.12. The fourth-order valence-corrected chi connectivity index (χ4v) is 8.35. The Morgan fingerprint density at radius 2 is 1.58 bits per heavy atom. The van der Waals surface area contributed by atoms with E-state index >= 15 is 0 Å². The molecule has 0 radical (unpaired) electrons. The average molecular weight is 686 g/mol. The van der Waals surface area contributed by atoms with Crippen LogP contribution in [0.2, 0.25) is 0 Å². The molecule has 0 atom stereocenters. The highest BCUT2D eigenvalue weighted by atomic mass is 32.2. The van der Waals surface area contributed by atoms with Gasteiger partial charge >= 0.3 is 6.18 Å². The number of piperidine rings is 1. The van der Waals surface area contributed by atoms with Crippen molar-refractivity contribution in [1.82, 2.24) is 14.1 Å². The quantitative estimate of drug-likeness (QED) is 0.386. The van der Waals surface area contributed by atoms with Gasteiger partial charge in [0, 0.05) is 71.1 Å². The molecule has 1 amide bonds. The van der Waals surface area contributed by atoms with Crippen molar-refractivity contribution in [3.63, 3.8) is 0 Å². The van der Waals surface area contributed by atoms with Gasteiger partial charge in [0.1, 0.15) is 11.3 Å². The number of rotatable bonds is 5. The first-order valence-electron chi connectivity index (χ1n) is 16.6. The van der Waals surface area contributed by atoms with E-state index in [0.717, 1.165) is 31.8 Å². The molecule has 0 unspecified atom stereocenters. The third-order valence-corrected chi connectivity index (χ3v) is 11.7. The lowest BCUT2D eigenvalue weighted by atomic mass is 9.87. The smallest absolute Gasteiger partial charge is 0.388 e. The van der Waals surface area contributed by atoms with E-state index in [-0.39, 0.29) is 38.3 Å². The Morgan fingerprint density at radius 3 is 2.23 bits per heavy atom. The number of fused-ring (bicyclic) bond motifs is 1. The van der Waals surface area contributed by atoms with E-state index in [2.05, 4.69) is 40.4 Å². The summed E-state index contributed by atoms with van der Waals surface area (Å²) in [5, 5.41) is 6.52. The minimum atomic E-state index is -4.64. The van der Waals surface area contributed by atoms with Crippen LogP contribution in [-0.4, -0.2) is 85.1 Å². The molecule has 258 valence electrons. The molecule has 3 aliphatic heterocycles. The summed E-state index contributed by atoms with van der Waals surface area (Å²) in [6.07, 6.45) is 1.46. The maximum atomic E-state index is 13.3. The van der Waals surface area contributed by atoms with Gasteiger partial charge in [-0.05, 0) is 53.4 Å². The van der Waals surface area contributed by atoms with Gasteiger partial charge in [0.25, 0.3) is 5.91 Å². The molecule has 48 heavy (non-hydrogen) atoms. The van der Waals surface area contributed by atoms with Crippen molar-refractivity contribution < 1.29 is 31.2 Å². The molecule has 3 aromatic rings. The van der Waals surface area contributed by atoms with E-state index in [1.54, 1.807) is 4.90 Å². The number of halogens is 3. The lowest BCUT2D eigenvalue weighted by Crippen LogP contribution is -2.51. The van der Waals surface area contributed by atoms with Crippen molar-refractivity contribution in [3.8, 4) is 0 Å². The fourth-order valence-electron chi connectivity index (χ4n) is 6.86. The maximum absolute atomic E-state index is 13.3. The van der Waals surface area contributed by atoms with Gasteiger partial charge in [-0.15, -0.1) is 0 Å². The van der Waals surface area contributed by atoms with E-state index in [9.17, 15) is 26.4 Å². The minimum absolute atomic E-state index is 0.0585. The Hall–Kier alpha value is -3.52. The first kappa shape index (κ1) is 34.3. The molecule has 3 aromatic carbocycles. The monoisotopic (exact) mass is 685 g/mol. The Labute approximate surface area is 279 Å². The third kappa shape index (κ3) is 7.85. The number of nitrogens with zero attached hydrogens (tertiary/aromatic N) is 4. The second-order valence-electron chi connectivity index (χ2n) is 13.2. The van der Waals surface area contributed by atoms with Gasteiger partial charge in [-0.2, -0.15) is 17.5 Å². The predicted molar refractivity (Wildman–Crippen MR) is 178 cm³/mol. The molecular formula is C35H42F3N5O4S. The SMILES string of the molecule is NC1CCCC1.O=C(C1=NOC2(CCN(S(=O)(=O)c3cccc(C(F)(F)F)c3)CC2)C1)N1CCN(Cc2ccc3ccccc3c2)CC1. The summed E-state index contributed by atoms with van der Waals surface area (Å²) in [6, 6.07) is 19.0. The van der Waals surface area contributed by atoms with E-state index in [4.69, 9.17) is 10.6 Å². The number of piperazine rings is 1. The number of alkyl halides is 3. The van der Waals surface area contributed by atoms with Crippen LogP contribution >= 0.6 is 0 Å². The molecule has 4 aliphatic rings. The van der Waals surface area contributed by atoms with Gasteiger partial charge in [0.15, 0.2) is 0 Å². The molecular weight excluding hydrogens is 643 g/mol. The van der Waals surface area contributed by atoms with Crippen LogP contribution < -0.4 is 5.73 Å². The van der Waals surface area contributed by atoms with Gasteiger partial charge in [0.05, 0.1) is 10.5 Å². The van der Waals surface area contributed by atoms with Gasteiger partial charge in [-0.1, -0.05) is 60.5 Å². The Balaban J connectivity index is 0.000000604. The summed E-state index contributed by atoms with van der Waals surface area (Å²) in [5.41, 5.74) is 5.29. The molecule has 1 saturated carbocycles. The van der Waals surface area contributed by atoms with Crippen molar-refractivity contribution in [2.75, 3.05) is 39.3 Å². The van der Waals surface area contributed by atoms with E-state index in [0.29, 0.717) is 30.9 Å². The molecule has 9 nitrogen and oxygen atoms in total. The average Bonchev–Trinajstić information content (AvgIpc) is 3.74. The normalized spacial score (nSPS) is 20.8. The Bertz CT molecular complexity index is 1740. The summed E-state index contributed by atoms with van der Waals surface area (Å²) in [5.74, 6) is -0.170. The van der Waals surface area contributed by atoms with Crippen molar-refractivity contribution in [1.29, 1.82) is 0 Å². The summed E-state index contributed by atoms with van der Waals surface area (Å²) < 4.78 is 66.7. The van der Waals surface area contributed by atoms with Gasteiger partial charge < -0.3 is 15.5 Å². The first-order chi connectivity index (χ1) is 22.9. The second kappa shape index (κ2) is 14.1. The van der Waals surface area contributed by atoms with Crippen LogP contribution in [0.4, 0.5) is 13.2 Å². The number of nitrogens with two attached hydrogens (primary N) is 1. The summed E-state index contributed by atoms with van der Waals surface area (Å²) in [6.45, 7) is 3.54. The van der Waals surface area contributed by atoms with Crippen LogP contribution in [-0.2, 0) is 32.4 Å². The van der Waals surface area contributed by atoms with Crippen molar-refractivity contribution in [3.05, 3.63) is 77.9 Å². The van der Waals surface area contributed by atoms with Crippen LogP contribution in [0, 0.1) is 0 Å². The van der Waals surface area contributed by atoms with Gasteiger partial charge in [-0.25, -0.2) is 8.42 Å². The zero-order valence-electron chi connectivity index (χ0n) is 26.9. The molecule has 0 aromatic heterocycles. The number of oxime groups is 1. The molecule has 1 aliphatic carbocycles. The first-order valence-corrected chi connectivity index (χ1v) is 18.0. The van der Waals surface area contributed by atoms with Crippen LogP contribution in [0.3, 0.4) is 0 Å². The van der Waals surface area contributed by atoms with Gasteiger partial charge in [0.2, 0.25) is 10.0 Å². The van der Waals surface area contributed by atoms with Crippen molar-refractivity contribution in [2.45, 2.75) is 74.2 Å². The third-order valence-electron chi connectivity index (χ3n) is 9.80. The van der Waals surface area contributed by atoms with Crippen LogP contribution in [0.25, 0.3) is 10.8 Å². The zero-order chi connectivity index (χ0) is 33.9. The topological polar surface area (TPSA) is 109 Å². The minimum Gasteiger partial charge on any atom is -0.388 e. The van der Waals surface area contributed by atoms with Crippen LogP contribution in [0.5, 0.6) is 0 Å². The highest BCUT2D eigenvalue weighted by Gasteiger charge is 2.46. The number of carbonyl (C=O) groups is 1. The predicted octanol–water partition coefficient (Wildman–Crippen LogP) is 5.39. The fraction of sp³-hybridized carbons (Fsp3) is 0.486. The van der Waals surface area contributed by atoms with Crippen molar-refractivity contribution >= 4 is 32.4 Å². The number of carbonyl (C=O) groups excluding carboxylic acids is 1. The van der Waals surface area contributed by atoms with E-state index < -0.39 is 32.3 Å². The Kier molecular flexibility index (Phi) is 10.1. The maximum Gasteiger partial charge on any atom is 0.416 e. The molecule has 7 rings (SSSR count). The molecule has 0 bridgehead atoms. The largest absolute Gasteiger partial charge is 0.416 e. The number of benzene rings is 3. The van der Waals surface area contributed by atoms with E-state index in [1.165, 1.54) is 52.4 Å². The number of hydrogen-bond donors (Lipinski definition) is 1. The highest BCUT2D eigenvalue weighted by Crippen LogP contribution is 2.37. The Morgan fingerprint density at radius 1 is 0.896 bits per heavy atom. The van der Waals surface area contributed by atoms with E-state index in [1.807, 2.05) is 12.1 Å². The molecule has 2 N–H and O–H groups in total. The summed E-state index contributed by atoms with van der Waals surface area (Å²) in [4.78, 5) is 22.7. The lowest BCUT2D eigenvalue weighted by Gasteiger charge is -2.37. The summed E-state index contributed by atoms with van der Waals surface area (Å²) >= 11 is 0. The number of hydrogen-bond acceptors (Lipinski definition) is 7. The van der Waals surface area contributed by atoms with Crippen molar-refractivity contribution in [2.24, 2.45) is 10.9 Å². The van der Waals surface area contributed by atoms with Gasteiger partial charge in [-0.3, -0.25) is 9.69 Å². The lowest BCUT2D eigenvalue weighted by molar-refractivity contribution is -0.137. The van der Waals surface area contributed by atoms with Crippen LogP contribution in [0.15, 0.2) is 76.8 Å². The highest BCUT2D eigenvalue weighted by molar-refractivity contribution is 7.89. The molecule has 1 spiro atoms. The number of sulfonamides is 1. The molecule has 3 heterocycles. The molecule has 2 saturated heterocycles. The zero-order valence-corrected chi connectivity index (χ0v) is 27.7. The standard InChI is InChI=1S/C30H31F3N4O4S.C5H11N/c31-30(32,33)25-6-3-7-26(19-25)42(39,40)37-12-10-29(11-13-37)20-27(34-41-29)28(38)36-16-14-35(15-17-36)21-22-8-9-23-4-1-2-5-24(23)18-22;6-5-3-1-2-4-5/h1-9,18-19H,10-17,20-21H2;5H,1-4,6H2. The molecule has 3 fully saturated rings. The number of amides is 1. The molecule has 13 heteroatoms. The van der Waals surface area contributed by atoms with Crippen LogP contribution in [0.1, 0.15) is 56.1 Å².